The van der Waals surface area contributed by atoms with Crippen LogP contribution >= 0.6 is 0 Å². The molecule has 1 aliphatic carbocycles. The molecule has 24 heavy (non-hydrogen) atoms. The first-order chi connectivity index (χ1) is 11.6. The van der Waals surface area contributed by atoms with E-state index in [1.807, 2.05) is 24.0 Å². The zero-order valence-corrected chi connectivity index (χ0v) is 14.4. The number of carbonyl (C=O) groups is 2. The second-order valence-corrected chi connectivity index (χ2v) is 6.59. The highest BCUT2D eigenvalue weighted by Crippen LogP contribution is 2.21. The lowest BCUT2D eigenvalue weighted by atomic mass is 10.1. The van der Waals surface area contributed by atoms with E-state index in [1.165, 1.54) is 0 Å². The summed E-state index contributed by atoms with van der Waals surface area (Å²) in [6.07, 6.45) is 2.21. The Bertz CT molecular complexity index is 620. The molecule has 0 radical (unpaired) electrons. The number of benzene rings is 1. The molecule has 2 fully saturated rings. The first-order valence-corrected chi connectivity index (χ1v) is 8.52. The van der Waals surface area contributed by atoms with E-state index in [0.717, 1.165) is 37.2 Å². The van der Waals surface area contributed by atoms with Crippen molar-refractivity contribution in [3.05, 3.63) is 29.3 Å². The van der Waals surface area contributed by atoms with Gasteiger partial charge >= 0.3 is 0 Å². The molecule has 1 heterocycles. The average molecular weight is 331 g/mol. The number of piperazine rings is 1. The van der Waals surface area contributed by atoms with E-state index in [2.05, 4.69) is 10.2 Å². The van der Waals surface area contributed by atoms with Gasteiger partial charge in [0, 0.05) is 37.8 Å². The first kappa shape index (κ1) is 16.8. The van der Waals surface area contributed by atoms with E-state index in [4.69, 9.17) is 4.74 Å². The van der Waals surface area contributed by atoms with Crippen LogP contribution in [0.5, 0.6) is 5.75 Å². The number of carbonyl (C=O) groups excluding carboxylic acids is 2. The van der Waals surface area contributed by atoms with Gasteiger partial charge in [0.1, 0.15) is 5.75 Å². The van der Waals surface area contributed by atoms with Crippen LogP contribution in [0.1, 0.15) is 28.8 Å². The van der Waals surface area contributed by atoms with Crippen molar-refractivity contribution in [2.45, 2.75) is 25.8 Å². The number of hydrogen-bond acceptors (Lipinski definition) is 4. The molecule has 130 valence electrons. The van der Waals surface area contributed by atoms with Gasteiger partial charge < -0.3 is 15.0 Å². The Morgan fingerprint density at radius 1 is 1.21 bits per heavy atom. The van der Waals surface area contributed by atoms with Gasteiger partial charge in [0.2, 0.25) is 5.91 Å². The largest absolute Gasteiger partial charge is 0.496 e. The van der Waals surface area contributed by atoms with Gasteiger partial charge in [-0.25, -0.2) is 0 Å². The smallest absolute Gasteiger partial charge is 0.254 e. The van der Waals surface area contributed by atoms with Crippen molar-refractivity contribution in [3.63, 3.8) is 0 Å². The Labute approximate surface area is 142 Å². The molecule has 1 saturated carbocycles. The SMILES string of the molecule is COc1cc(C(=O)N2CCN(CC(=O)NC3CC3)CC2)ccc1C. The quantitative estimate of drug-likeness (QED) is 0.876. The van der Waals surface area contributed by atoms with Gasteiger partial charge in [-0.2, -0.15) is 0 Å². The van der Waals surface area contributed by atoms with E-state index in [9.17, 15) is 9.59 Å². The number of amides is 2. The summed E-state index contributed by atoms with van der Waals surface area (Å²) in [6.45, 7) is 5.13. The molecular formula is C18H25N3O3. The normalized spacial score (nSPS) is 18.3. The lowest BCUT2D eigenvalue weighted by Gasteiger charge is -2.34. The molecule has 0 atom stereocenters. The van der Waals surface area contributed by atoms with Crippen molar-refractivity contribution < 1.29 is 14.3 Å². The predicted octanol–water partition coefficient (Wildman–Crippen LogP) is 1.04. The van der Waals surface area contributed by atoms with Crippen LogP contribution in [-0.4, -0.2) is 67.5 Å². The molecule has 2 aliphatic rings. The Hall–Kier alpha value is -2.08. The summed E-state index contributed by atoms with van der Waals surface area (Å²) in [4.78, 5) is 28.4. The van der Waals surface area contributed by atoms with Crippen LogP contribution < -0.4 is 10.1 Å². The fourth-order valence-corrected chi connectivity index (χ4v) is 2.95. The van der Waals surface area contributed by atoms with Crippen LogP contribution in [0.25, 0.3) is 0 Å². The molecule has 6 heteroatoms. The Kier molecular flexibility index (Phi) is 5.04. The molecule has 1 N–H and O–H groups in total. The zero-order chi connectivity index (χ0) is 17.1. The van der Waals surface area contributed by atoms with Gasteiger partial charge in [0.15, 0.2) is 0 Å². The maximum Gasteiger partial charge on any atom is 0.254 e. The molecule has 0 bridgehead atoms. The number of hydrogen-bond donors (Lipinski definition) is 1. The van der Waals surface area contributed by atoms with Crippen LogP contribution in [0.3, 0.4) is 0 Å². The highest BCUT2D eigenvalue weighted by Gasteiger charge is 2.26. The van der Waals surface area contributed by atoms with Gasteiger partial charge in [-0.3, -0.25) is 14.5 Å². The summed E-state index contributed by atoms with van der Waals surface area (Å²) in [5, 5.41) is 3.00. The summed E-state index contributed by atoms with van der Waals surface area (Å²) >= 11 is 0. The van der Waals surface area contributed by atoms with Gasteiger partial charge in [0.05, 0.1) is 13.7 Å². The third-order valence-electron chi connectivity index (χ3n) is 4.62. The Morgan fingerprint density at radius 3 is 2.54 bits per heavy atom. The molecule has 0 aromatic heterocycles. The maximum absolute atomic E-state index is 12.6. The third kappa shape index (κ3) is 4.06. The molecule has 1 aromatic carbocycles. The molecule has 3 rings (SSSR count). The number of methoxy groups -OCH3 is 1. The van der Waals surface area contributed by atoms with E-state index >= 15 is 0 Å². The van der Waals surface area contributed by atoms with Gasteiger partial charge in [-0.05, 0) is 37.5 Å². The summed E-state index contributed by atoms with van der Waals surface area (Å²) in [7, 11) is 1.61. The summed E-state index contributed by atoms with van der Waals surface area (Å²) in [6, 6.07) is 5.95. The third-order valence-corrected chi connectivity index (χ3v) is 4.62. The van der Waals surface area contributed by atoms with E-state index in [1.54, 1.807) is 13.2 Å². The minimum Gasteiger partial charge on any atom is -0.496 e. The summed E-state index contributed by atoms with van der Waals surface area (Å²) in [5.41, 5.74) is 1.66. The summed E-state index contributed by atoms with van der Waals surface area (Å²) < 4.78 is 5.30. The number of aryl methyl sites for hydroxylation is 1. The molecule has 0 unspecified atom stereocenters. The van der Waals surface area contributed by atoms with Crippen molar-refractivity contribution in [2.75, 3.05) is 39.8 Å². The molecule has 2 amide bonds. The van der Waals surface area contributed by atoms with Gasteiger partial charge in [-0.15, -0.1) is 0 Å². The van der Waals surface area contributed by atoms with Crippen molar-refractivity contribution in [1.82, 2.24) is 15.1 Å². The van der Waals surface area contributed by atoms with Gasteiger partial charge in [0.25, 0.3) is 5.91 Å². The minimum atomic E-state index is 0.0235. The first-order valence-electron chi connectivity index (χ1n) is 8.52. The second-order valence-electron chi connectivity index (χ2n) is 6.59. The molecular weight excluding hydrogens is 306 g/mol. The maximum atomic E-state index is 12.6. The van der Waals surface area contributed by atoms with Crippen LogP contribution in [0, 0.1) is 6.92 Å². The van der Waals surface area contributed by atoms with Crippen molar-refractivity contribution in [2.24, 2.45) is 0 Å². The molecule has 1 aromatic rings. The zero-order valence-electron chi connectivity index (χ0n) is 14.4. The number of nitrogens with one attached hydrogen (secondary N) is 1. The van der Waals surface area contributed by atoms with Crippen LogP contribution in [0.15, 0.2) is 18.2 Å². The minimum absolute atomic E-state index is 0.0235. The monoisotopic (exact) mass is 331 g/mol. The van der Waals surface area contributed by atoms with Crippen molar-refractivity contribution >= 4 is 11.8 Å². The summed E-state index contributed by atoms with van der Waals surface area (Å²) in [5.74, 6) is 0.854. The molecule has 6 nitrogen and oxygen atoms in total. The van der Waals surface area contributed by atoms with Crippen LogP contribution in [-0.2, 0) is 4.79 Å². The Morgan fingerprint density at radius 2 is 1.92 bits per heavy atom. The highest BCUT2D eigenvalue weighted by atomic mass is 16.5. The van der Waals surface area contributed by atoms with Crippen molar-refractivity contribution in [1.29, 1.82) is 0 Å². The number of nitrogens with zero attached hydrogens (tertiary/aromatic N) is 2. The fraction of sp³-hybridized carbons (Fsp3) is 0.556. The van der Waals surface area contributed by atoms with Crippen LogP contribution in [0.4, 0.5) is 0 Å². The number of ether oxygens (including phenoxy) is 1. The van der Waals surface area contributed by atoms with Crippen molar-refractivity contribution in [3.8, 4) is 5.75 Å². The Balaban J connectivity index is 1.52. The highest BCUT2D eigenvalue weighted by molar-refractivity contribution is 5.94. The second kappa shape index (κ2) is 7.21. The lowest BCUT2D eigenvalue weighted by Crippen LogP contribution is -2.51. The van der Waals surface area contributed by atoms with E-state index in [-0.39, 0.29) is 11.8 Å². The average Bonchev–Trinajstić information content (AvgIpc) is 3.39. The standard InChI is InChI=1S/C18H25N3O3/c1-13-3-4-14(11-16(13)24-2)18(23)21-9-7-20(8-10-21)12-17(22)19-15-5-6-15/h3-4,11,15H,5-10,12H2,1-2H3,(H,19,22). The number of rotatable bonds is 5. The topological polar surface area (TPSA) is 61.9 Å². The fourth-order valence-electron chi connectivity index (χ4n) is 2.95. The predicted molar refractivity (Wildman–Crippen MR) is 91.2 cm³/mol. The molecule has 1 aliphatic heterocycles. The molecule has 0 spiro atoms. The van der Waals surface area contributed by atoms with Crippen LogP contribution in [0.2, 0.25) is 0 Å². The van der Waals surface area contributed by atoms with Gasteiger partial charge in [-0.1, -0.05) is 6.07 Å². The van der Waals surface area contributed by atoms with E-state index < -0.39 is 0 Å². The van der Waals surface area contributed by atoms with E-state index in [0.29, 0.717) is 31.2 Å². The molecule has 1 saturated heterocycles. The lowest BCUT2D eigenvalue weighted by molar-refractivity contribution is -0.122.